The predicted octanol–water partition coefficient (Wildman–Crippen LogP) is -0.810. The number of amides is 1. The molecule has 1 amide bonds. The van der Waals surface area contributed by atoms with Crippen molar-refractivity contribution in [2.45, 2.75) is 24.7 Å². The lowest BCUT2D eigenvalue weighted by atomic mass is 9.96. The molecule has 0 bridgehead atoms. The number of ether oxygens (including phenoxy) is 1. The Bertz CT molecular complexity index is 318. The smallest absolute Gasteiger partial charge is 0.410 e. The van der Waals surface area contributed by atoms with E-state index in [1.54, 1.807) is 0 Å². The summed E-state index contributed by atoms with van der Waals surface area (Å²) in [7, 11) is 0. The van der Waals surface area contributed by atoms with Gasteiger partial charge in [0.2, 0.25) is 0 Å². The minimum Gasteiger partial charge on any atom is -0.480 e. The molecule has 1 aliphatic heterocycles. The molecule has 7 nitrogen and oxygen atoms in total. The fourth-order valence-electron chi connectivity index (χ4n) is 1.67. The van der Waals surface area contributed by atoms with Crippen molar-refractivity contribution in [3.05, 3.63) is 12.7 Å². The van der Waals surface area contributed by atoms with Crippen LogP contribution in [-0.4, -0.2) is 63.7 Å². The quantitative estimate of drug-likeness (QED) is 0.561. The van der Waals surface area contributed by atoms with Crippen LogP contribution in [0.1, 0.15) is 6.42 Å². The number of aliphatic carboxylic acids is 1. The van der Waals surface area contributed by atoms with Crippen LogP contribution in [-0.2, 0) is 9.53 Å². The second kappa shape index (κ2) is 5.65. The van der Waals surface area contributed by atoms with E-state index in [0.717, 1.165) is 4.90 Å². The summed E-state index contributed by atoms with van der Waals surface area (Å²) in [5.74, 6) is -1.38. The van der Waals surface area contributed by atoms with Gasteiger partial charge in [0.1, 0.15) is 12.7 Å². The van der Waals surface area contributed by atoms with Gasteiger partial charge in [-0.15, -0.1) is 0 Å². The van der Waals surface area contributed by atoms with Crippen molar-refractivity contribution in [3.8, 4) is 0 Å². The molecular formula is C10H15NO6. The molecule has 7 heteroatoms. The highest BCUT2D eigenvalue weighted by Crippen LogP contribution is 2.19. The molecular weight excluding hydrogens is 230 g/mol. The van der Waals surface area contributed by atoms with E-state index in [1.807, 2.05) is 0 Å². The van der Waals surface area contributed by atoms with E-state index in [9.17, 15) is 19.8 Å². The minimum atomic E-state index is -1.52. The number of aliphatic hydroxyl groups is 2. The Labute approximate surface area is 97.9 Å². The lowest BCUT2D eigenvalue weighted by molar-refractivity contribution is -0.155. The number of carboxylic acid groups (broad SMARTS) is 1. The monoisotopic (exact) mass is 245 g/mol. The van der Waals surface area contributed by atoms with Crippen LogP contribution in [0.25, 0.3) is 0 Å². The third-order valence-corrected chi connectivity index (χ3v) is 2.53. The lowest BCUT2D eigenvalue weighted by Gasteiger charge is -2.37. The molecule has 0 aromatic rings. The van der Waals surface area contributed by atoms with E-state index in [-0.39, 0.29) is 19.6 Å². The van der Waals surface area contributed by atoms with Gasteiger partial charge in [-0.3, -0.25) is 4.90 Å². The first-order chi connectivity index (χ1) is 7.99. The summed E-state index contributed by atoms with van der Waals surface area (Å²) >= 11 is 0. The number of carboxylic acids is 1. The number of piperidine rings is 1. The molecule has 0 aromatic carbocycles. The molecule has 0 aliphatic carbocycles. The van der Waals surface area contributed by atoms with Gasteiger partial charge in [0.15, 0.2) is 6.04 Å². The summed E-state index contributed by atoms with van der Waals surface area (Å²) in [5, 5.41) is 27.8. The van der Waals surface area contributed by atoms with E-state index in [4.69, 9.17) is 9.84 Å². The van der Waals surface area contributed by atoms with Crippen molar-refractivity contribution in [2.75, 3.05) is 13.2 Å². The molecule has 1 aliphatic rings. The molecule has 1 heterocycles. The van der Waals surface area contributed by atoms with Gasteiger partial charge in [-0.25, -0.2) is 9.59 Å². The third kappa shape index (κ3) is 2.95. The van der Waals surface area contributed by atoms with Crippen molar-refractivity contribution < 1.29 is 29.6 Å². The van der Waals surface area contributed by atoms with E-state index in [1.165, 1.54) is 6.08 Å². The molecule has 1 unspecified atom stereocenters. The fraction of sp³-hybridized carbons (Fsp3) is 0.600. The maximum atomic E-state index is 11.5. The number of likely N-dealkylation sites (tertiary alicyclic amines) is 1. The molecule has 0 saturated carbocycles. The van der Waals surface area contributed by atoms with Crippen LogP contribution in [0.5, 0.6) is 0 Å². The number of hydrogen-bond donors (Lipinski definition) is 3. The van der Waals surface area contributed by atoms with Gasteiger partial charge < -0.3 is 20.1 Å². The number of carbonyl (C=O) groups is 2. The first-order valence-electron chi connectivity index (χ1n) is 5.12. The Morgan fingerprint density at radius 2 is 2.12 bits per heavy atom. The standard InChI is InChI=1S/C10H15NO6/c1-2-5-17-10(16)11-4-3-6(12)8(13)7(11)9(14)15/h2,6-8,12-13H,1,3-5H2,(H,14,15)/t6-,7?,8-/m1/s1. The maximum absolute atomic E-state index is 11.5. The summed E-state index contributed by atoms with van der Waals surface area (Å²) in [5.41, 5.74) is 0. The fourth-order valence-corrected chi connectivity index (χ4v) is 1.67. The molecule has 0 spiro atoms. The van der Waals surface area contributed by atoms with Crippen molar-refractivity contribution in [1.82, 2.24) is 4.90 Å². The molecule has 1 saturated heterocycles. The normalized spacial score (nSPS) is 28.6. The Morgan fingerprint density at radius 3 is 2.65 bits per heavy atom. The second-order valence-corrected chi connectivity index (χ2v) is 3.69. The van der Waals surface area contributed by atoms with Crippen molar-refractivity contribution in [1.29, 1.82) is 0 Å². The first kappa shape index (κ1) is 13.5. The summed E-state index contributed by atoms with van der Waals surface area (Å²) in [6.07, 6.45) is -2.06. The summed E-state index contributed by atoms with van der Waals surface area (Å²) in [6.45, 7) is 3.34. The van der Waals surface area contributed by atoms with Crippen LogP contribution in [0.3, 0.4) is 0 Å². The molecule has 3 atom stereocenters. The highest BCUT2D eigenvalue weighted by molar-refractivity contribution is 5.81. The molecule has 3 N–H and O–H groups in total. The van der Waals surface area contributed by atoms with Crippen molar-refractivity contribution in [3.63, 3.8) is 0 Å². The van der Waals surface area contributed by atoms with Crippen LogP contribution in [0.4, 0.5) is 4.79 Å². The predicted molar refractivity (Wildman–Crippen MR) is 56.3 cm³/mol. The zero-order valence-electron chi connectivity index (χ0n) is 9.15. The van der Waals surface area contributed by atoms with Crippen LogP contribution in [0, 0.1) is 0 Å². The van der Waals surface area contributed by atoms with Gasteiger partial charge >= 0.3 is 12.1 Å². The van der Waals surface area contributed by atoms with Gasteiger partial charge in [0, 0.05) is 6.54 Å². The minimum absolute atomic E-state index is 0.0190. The zero-order valence-corrected chi connectivity index (χ0v) is 9.15. The Balaban J connectivity index is 2.78. The zero-order chi connectivity index (χ0) is 13.0. The third-order valence-electron chi connectivity index (χ3n) is 2.53. The highest BCUT2D eigenvalue weighted by atomic mass is 16.6. The first-order valence-corrected chi connectivity index (χ1v) is 5.12. The molecule has 17 heavy (non-hydrogen) atoms. The van der Waals surface area contributed by atoms with Gasteiger partial charge in [0.25, 0.3) is 0 Å². The number of nitrogens with zero attached hydrogens (tertiary/aromatic N) is 1. The molecule has 1 fully saturated rings. The molecule has 1 rings (SSSR count). The summed E-state index contributed by atoms with van der Waals surface area (Å²) < 4.78 is 4.71. The van der Waals surface area contributed by atoms with Crippen molar-refractivity contribution in [2.24, 2.45) is 0 Å². The molecule has 96 valence electrons. The van der Waals surface area contributed by atoms with Crippen LogP contribution in [0.15, 0.2) is 12.7 Å². The van der Waals surface area contributed by atoms with Crippen LogP contribution < -0.4 is 0 Å². The summed E-state index contributed by atoms with van der Waals surface area (Å²) in [6, 6.07) is -1.49. The second-order valence-electron chi connectivity index (χ2n) is 3.69. The lowest BCUT2D eigenvalue weighted by Crippen LogP contribution is -2.60. The molecule has 0 aromatic heterocycles. The Hall–Kier alpha value is -1.60. The van der Waals surface area contributed by atoms with E-state index in [0.29, 0.717) is 0 Å². The number of hydrogen-bond acceptors (Lipinski definition) is 5. The van der Waals surface area contributed by atoms with E-state index >= 15 is 0 Å². The molecule has 0 radical (unpaired) electrons. The SMILES string of the molecule is C=CCOC(=O)N1CC[C@@H](O)[C@@H](O)C1C(=O)O. The number of rotatable bonds is 3. The van der Waals surface area contributed by atoms with Crippen molar-refractivity contribution >= 4 is 12.1 Å². The van der Waals surface area contributed by atoms with Gasteiger partial charge in [-0.1, -0.05) is 12.7 Å². The average Bonchev–Trinajstić information content (AvgIpc) is 2.28. The Morgan fingerprint density at radius 1 is 1.47 bits per heavy atom. The average molecular weight is 245 g/mol. The van der Waals surface area contributed by atoms with Gasteiger partial charge in [0.05, 0.1) is 6.10 Å². The van der Waals surface area contributed by atoms with Crippen LogP contribution in [0.2, 0.25) is 0 Å². The van der Waals surface area contributed by atoms with E-state index < -0.39 is 30.3 Å². The van der Waals surface area contributed by atoms with Gasteiger partial charge in [-0.05, 0) is 6.42 Å². The van der Waals surface area contributed by atoms with Gasteiger partial charge in [-0.2, -0.15) is 0 Å². The topological polar surface area (TPSA) is 107 Å². The number of carbonyl (C=O) groups excluding carboxylic acids is 1. The van der Waals surface area contributed by atoms with E-state index in [2.05, 4.69) is 6.58 Å². The van der Waals surface area contributed by atoms with Crippen LogP contribution >= 0.6 is 0 Å². The Kier molecular flexibility index (Phi) is 4.47. The number of aliphatic hydroxyl groups excluding tert-OH is 2. The highest BCUT2D eigenvalue weighted by Gasteiger charge is 2.43. The maximum Gasteiger partial charge on any atom is 0.410 e. The summed E-state index contributed by atoms with van der Waals surface area (Å²) in [4.78, 5) is 23.4. The largest absolute Gasteiger partial charge is 0.480 e.